The van der Waals surface area contributed by atoms with Crippen molar-refractivity contribution in [3.63, 3.8) is 0 Å². The van der Waals surface area contributed by atoms with Crippen molar-refractivity contribution >= 4 is 0 Å². The summed E-state index contributed by atoms with van der Waals surface area (Å²) in [5.41, 5.74) is 0. The standard InChI is InChI=1S/C15H30O2/c1-14(2)10-8-6-4-3-5-7-9-11-16-12-15-13-17-15/h14-15H,3-13H2,1-2H3. The van der Waals surface area contributed by atoms with Gasteiger partial charge in [0.2, 0.25) is 0 Å². The normalized spacial score (nSPS) is 18.9. The number of epoxide rings is 1. The first-order chi connectivity index (χ1) is 8.29. The van der Waals surface area contributed by atoms with Crippen LogP contribution in [0.4, 0.5) is 0 Å². The zero-order valence-corrected chi connectivity index (χ0v) is 11.7. The van der Waals surface area contributed by atoms with Crippen molar-refractivity contribution in [3.05, 3.63) is 0 Å². The van der Waals surface area contributed by atoms with Gasteiger partial charge in [0.05, 0.1) is 13.2 Å². The fourth-order valence-electron chi connectivity index (χ4n) is 2.02. The predicted molar refractivity (Wildman–Crippen MR) is 72.3 cm³/mol. The first kappa shape index (κ1) is 15.0. The highest BCUT2D eigenvalue weighted by Crippen LogP contribution is 2.12. The van der Waals surface area contributed by atoms with E-state index in [9.17, 15) is 0 Å². The Morgan fingerprint density at radius 1 is 1.00 bits per heavy atom. The second kappa shape index (κ2) is 9.90. The Hall–Kier alpha value is -0.0800. The van der Waals surface area contributed by atoms with Gasteiger partial charge in [-0.3, -0.25) is 0 Å². The van der Waals surface area contributed by atoms with Gasteiger partial charge in [-0.2, -0.15) is 0 Å². The highest BCUT2D eigenvalue weighted by atomic mass is 16.6. The lowest BCUT2D eigenvalue weighted by Crippen LogP contribution is -2.02. The van der Waals surface area contributed by atoms with Crippen LogP contribution in [-0.4, -0.2) is 25.9 Å². The van der Waals surface area contributed by atoms with Gasteiger partial charge in [-0.1, -0.05) is 58.8 Å². The summed E-state index contributed by atoms with van der Waals surface area (Å²) in [6.07, 6.45) is 11.4. The summed E-state index contributed by atoms with van der Waals surface area (Å²) >= 11 is 0. The quantitative estimate of drug-likeness (QED) is 0.378. The average molecular weight is 242 g/mol. The summed E-state index contributed by atoms with van der Waals surface area (Å²) in [5.74, 6) is 0.877. The lowest BCUT2D eigenvalue weighted by Gasteiger charge is -2.04. The van der Waals surface area contributed by atoms with Crippen molar-refractivity contribution in [3.8, 4) is 0 Å². The molecule has 1 fully saturated rings. The topological polar surface area (TPSA) is 21.8 Å². The Morgan fingerprint density at radius 3 is 2.18 bits per heavy atom. The van der Waals surface area contributed by atoms with Crippen molar-refractivity contribution in [1.82, 2.24) is 0 Å². The van der Waals surface area contributed by atoms with Crippen LogP contribution >= 0.6 is 0 Å². The van der Waals surface area contributed by atoms with Crippen molar-refractivity contribution in [1.29, 1.82) is 0 Å². The second-order valence-electron chi connectivity index (χ2n) is 5.69. The molecular weight excluding hydrogens is 212 g/mol. The molecule has 1 atom stereocenters. The number of hydrogen-bond donors (Lipinski definition) is 0. The second-order valence-corrected chi connectivity index (χ2v) is 5.69. The molecule has 0 saturated carbocycles. The molecule has 0 N–H and O–H groups in total. The van der Waals surface area contributed by atoms with Crippen LogP contribution in [0.1, 0.15) is 65.2 Å². The molecule has 1 heterocycles. The van der Waals surface area contributed by atoms with Crippen molar-refractivity contribution in [2.45, 2.75) is 71.3 Å². The lowest BCUT2D eigenvalue weighted by molar-refractivity contribution is 0.113. The highest BCUT2D eigenvalue weighted by Gasteiger charge is 2.21. The monoisotopic (exact) mass is 242 g/mol. The third-order valence-electron chi connectivity index (χ3n) is 3.28. The molecule has 2 heteroatoms. The van der Waals surface area contributed by atoms with Gasteiger partial charge in [0.1, 0.15) is 6.10 Å². The average Bonchev–Trinajstić information content (AvgIpc) is 3.09. The lowest BCUT2D eigenvalue weighted by atomic mass is 10.0. The summed E-state index contributed by atoms with van der Waals surface area (Å²) in [7, 11) is 0. The predicted octanol–water partition coefficient (Wildman–Crippen LogP) is 4.18. The third kappa shape index (κ3) is 10.8. The van der Waals surface area contributed by atoms with E-state index in [1.807, 2.05) is 0 Å². The summed E-state index contributed by atoms with van der Waals surface area (Å²) in [6, 6.07) is 0. The Balaban J connectivity index is 1.63. The molecule has 1 unspecified atom stereocenters. The van der Waals surface area contributed by atoms with E-state index in [2.05, 4.69) is 13.8 Å². The molecule has 17 heavy (non-hydrogen) atoms. The van der Waals surface area contributed by atoms with Crippen LogP contribution in [0.5, 0.6) is 0 Å². The minimum atomic E-state index is 0.427. The van der Waals surface area contributed by atoms with Crippen LogP contribution < -0.4 is 0 Å². The largest absolute Gasteiger partial charge is 0.379 e. The Kier molecular flexibility index (Phi) is 8.72. The Bertz CT molecular complexity index is 154. The van der Waals surface area contributed by atoms with E-state index < -0.39 is 0 Å². The maximum absolute atomic E-state index is 5.50. The number of ether oxygens (including phenoxy) is 2. The van der Waals surface area contributed by atoms with Gasteiger partial charge in [0.15, 0.2) is 0 Å². The Labute approximate surface area is 107 Å². The van der Waals surface area contributed by atoms with Crippen LogP contribution in [-0.2, 0) is 9.47 Å². The summed E-state index contributed by atoms with van der Waals surface area (Å²) in [4.78, 5) is 0. The molecule has 2 nitrogen and oxygen atoms in total. The molecule has 1 aliphatic heterocycles. The summed E-state index contributed by atoms with van der Waals surface area (Å²) in [5, 5.41) is 0. The van der Waals surface area contributed by atoms with E-state index in [0.717, 1.165) is 25.7 Å². The molecule has 0 spiro atoms. The van der Waals surface area contributed by atoms with E-state index in [0.29, 0.717) is 6.10 Å². The van der Waals surface area contributed by atoms with Crippen LogP contribution in [0.2, 0.25) is 0 Å². The highest BCUT2D eigenvalue weighted by molar-refractivity contribution is 4.66. The molecule has 0 amide bonds. The fourth-order valence-corrected chi connectivity index (χ4v) is 2.02. The zero-order chi connectivity index (χ0) is 12.3. The number of unbranched alkanes of at least 4 members (excludes halogenated alkanes) is 6. The first-order valence-corrected chi connectivity index (χ1v) is 7.48. The van der Waals surface area contributed by atoms with Gasteiger partial charge >= 0.3 is 0 Å². The van der Waals surface area contributed by atoms with Crippen molar-refractivity contribution in [2.75, 3.05) is 19.8 Å². The van der Waals surface area contributed by atoms with Gasteiger partial charge in [-0.25, -0.2) is 0 Å². The maximum atomic E-state index is 5.50. The molecule has 0 radical (unpaired) electrons. The van der Waals surface area contributed by atoms with Crippen LogP contribution in [0, 0.1) is 5.92 Å². The van der Waals surface area contributed by atoms with E-state index in [4.69, 9.17) is 9.47 Å². The number of rotatable bonds is 12. The number of hydrogen-bond acceptors (Lipinski definition) is 2. The van der Waals surface area contributed by atoms with Crippen LogP contribution in [0.25, 0.3) is 0 Å². The van der Waals surface area contributed by atoms with E-state index in [1.54, 1.807) is 0 Å². The maximum Gasteiger partial charge on any atom is 0.104 e. The van der Waals surface area contributed by atoms with E-state index in [1.165, 1.54) is 51.4 Å². The molecule has 0 aromatic rings. The molecule has 0 bridgehead atoms. The van der Waals surface area contributed by atoms with Gasteiger partial charge in [0, 0.05) is 6.61 Å². The third-order valence-corrected chi connectivity index (χ3v) is 3.28. The minimum absolute atomic E-state index is 0.427. The fraction of sp³-hybridized carbons (Fsp3) is 1.00. The molecule has 0 aromatic carbocycles. The molecule has 1 aliphatic rings. The molecule has 102 valence electrons. The Morgan fingerprint density at radius 2 is 1.59 bits per heavy atom. The van der Waals surface area contributed by atoms with Gasteiger partial charge in [-0.15, -0.1) is 0 Å². The minimum Gasteiger partial charge on any atom is -0.379 e. The molecule has 0 aromatic heterocycles. The SMILES string of the molecule is CC(C)CCCCCCCCCOCC1CO1. The van der Waals surface area contributed by atoms with Crippen molar-refractivity contribution < 1.29 is 9.47 Å². The van der Waals surface area contributed by atoms with E-state index in [-0.39, 0.29) is 0 Å². The zero-order valence-electron chi connectivity index (χ0n) is 11.7. The molecule has 0 aliphatic carbocycles. The van der Waals surface area contributed by atoms with Crippen LogP contribution in [0.15, 0.2) is 0 Å². The summed E-state index contributed by atoms with van der Waals surface area (Å²) in [6.45, 7) is 7.28. The van der Waals surface area contributed by atoms with E-state index >= 15 is 0 Å². The molecule has 1 rings (SSSR count). The first-order valence-electron chi connectivity index (χ1n) is 7.48. The van der Waals surface area contributed by atoms with Gasteiger partial charge in [0.25, 0.3) is 0 Å². The van der Waals surface area contributed by atoms with Crippen LogP contribution in [0.3, 0.4) is 0 Å². The van der Waals surface area contributed by atoms with Gasteiger partial charge < -0.3 is 9.47 Å². The smallest absolute Gasteiger partial charge is 0.104 e. The van der Waals surface area contributed by atoms with Gasteiger partial charge in [-0.05, 0) is 12.3 Å². The van der Waals surface area contributed by atoms with Crippen molar-refractivity contribution in [2.24, 2.45) is 5.92 Å². The summed E-state index contributed by atoms with van der Waals surface area (Å²) < 4.78 is 10.6. The molecule has 1 saturated heterocycles. The molecular formula is C15H30O2.